The van der Waals surface area contributed by atoms with Crippen molar-refractivity contribution in [1.29, 1.82) is 0 Å². The molecule has 0 bridgehead atoms. The molecule has 1 aromatic carbocycles. The standard InChI is InChI=1S/C16H15NO4/c1-19-10-12-6-7-15(20-12)16(18)17-9-13-8-11-4-2-3-5-14(11)21-13/h2-8H,9-10H2,1H3,(H,17,18). The fourth-order valence-electron chi connectivity index (χ4n) is 2.10. The third-order valence-electron chi connectivity index (χ3n) is 3.07. The Morgan fingerprint density at radius 1 is 1.14 bits per heavy atom. The van der Waals surface area contributed by atoms with Crippen LogP contribution < -0.4 is 5.32 Å². The van der Waals surface area contributed by atoms with Crippen molar-refractivity contribution in [3.05, 3.63) is 59.7 Å². The highest BCUT2D eigenvalue weighted by atomic mass is 16.5. The van der Waals surface area contributed by atoms with Crippen molar-refractivity contribution in [2.45, 2.75) is 13.2 Å². The Morgan fingerprint density at radius 2 is 2.00 bits per heavy atom. The van der Waals surface area contributed by atoms with Crippen LogP contribution in [0.4, 0.5) is 0 Å². The SMILES string of the molecule is COCc1ccc(C(=O)NCc2cc3ccccc3o2)o1. The van der Waals surface area contributed by atoms with E-state index in [2.05, 4.69) is 5.32 Å². The minimum Gasteiger partial charge on any atom is -0.459 e. The Kier molecular flexibility index (Phi) is 3.75. The van der Waals surface area contributed by atoms with Gasteiger partial charge in [-0.1, -0.05) is 18.2 Å². The number of carbonyl (C=O) groups is 1. The van der Waals surface area contributed by atoms with Gasteiger partial charge in [-0.25, -0.2) is 0 Å². The summed E-state index contributed by atoms with van der Waals surface area (Å²) in [4.78, 5) is 12.0. The third-order valence-corrected chi connectivity index (χ3v) is 3.07. The van der Waals surface area contributed by atoms with Gasteiger partial charge < -0.3 is 18.9 Å². The van der Waals surface area contributed by atoms with Crippen LogP contribution in [0.5, 0.6) is 0 Å². The molecule has 21 heavy (non-hydrogen) atoms. The number of amides is 1. The summed E-state index contributed by atoms with van der Waals surface area (Å²) in [7, 11) is 1.57. The molecule has 0 radical (unpaired) electrons. The maximum atomic E-state index is 12.0. The molecular weight excluding hydrogens is 270 g/mol. The van der Waals surface area contributed by atoms with Crippen LogP contribution in [0, 0.1) is 0 Å². The van der Waals surface area contributed by atoms with E-state index in [1.807, 2.05) is 30.3 Å². The molecule has 1 N–H and O–H groups in total. The number of carbonyl (C=O) groups excluding carboxylic acids is 1. The van der Waals surface area contributed by atoms with Crippen LogP contribution in [0.1, 0.15) is 22.1 Å². The molecular formula is C16H15NO4. The second kappa shape index (κ2) is 5.85. The Morgan fingerprint density at radius 3 is 2.81 bits per heavy atom. The first-order valence-corrected chi connectivity index (χ1v) is 6.59. The van der Waals surface area contributed by atoms with E-state index >= 15 is 0 Å². The molecule has 0 saturated heterocycles. The van der Waals surface area contributed by atoms with Gasteiger partial charge in [0.15, 0.2) is 5.76 Å². The van der Waals surface area contributed by atoms with E-state index in [0.29, 0.717) is 24.7 Å². The Balaban J connectivity index is 1.64. The van der Waals surface area contributed by atoms with Gasteiger partial charge in [0.2, 0.25) is 0 Å². The second-order valence-corrected chi connectivity index (χ2v) is 4.63. The highest BCUT2D eigenvalue weighted by Gasteiger charge is 2.12. The lowest BCUT2D eigenvalue weighted by Crippen LogP contribution is -2.21. The van der Waals surface area contributed by atoms with Gasteiger partial charge in [0.25, 0.3) is 5.91 Å². The van der Waals surface area contributed by atoms with Gasteiger partial charge in [-0.15, -0.1) is 0 Å². The number of nitrogens with one attached hydrogen (secondary N) is 1. The average molecular weight is 285 g/mol. The summed E-state index contributed by atoms with van der Waals surface area (Å²) < 4.78 is 15.9. The zero-order chi connectivity index (χ0) is 14.7. The lowest BCUT2D eigenvalue weighted by Gasteiger charge is -2.00. The zero-order valence-electron chi connectivity index (χ0n) is 11.6. The molecule has 5 heteroatoms. The molecule has 0 aliphatic carbocycles. The zero-order valence-corrected chi connectivity index (χ0v) is 11.6. The van der Waals surface area contributed by atoms with E-state index in [1.54, 1.807) is 19.2 Å². The predicted molar refractivity (Wildman–Crippen MR) is 76.8 cm³/mol. The smallest absolute Gasteiger partial charge is 0.287 e. The quantitative estimate of drug-likeness (QED) is 0.782. The number of ether oxygens (including phenoxy) is 1. The summed E-state index contributed by atoms with van der Waals surface area (Å²) in [6, 6.07) is 13.0. The molecule has 0 unspecified atom stereocenters. The molecule has 5 nitrogen and oxygen atoms in total. The fourth-order valence-corrected chi connectivity index (χ4v) is 2.10. The largest absolute Gasteiger partial charge is 0.459 e. The molecule has 2 aromatic heterocycles. The van der Waals surface area contributed by atoms with Gasteiger partial charge in [-0.3, -0.25) is 4.79 Å². The molecule has 0 saturated carbocycles. The van der Waals surface area contributed by atoms with E-state index in [0.717, 1.165) is 11.0 Å². The van der Waals surface area contributed by atoms with Crippen molar-refractivity contribution in [2.75, 3.05) is 7.11 Å². The Hall–Kier alpha value is -2.53. The first-order valence-electron chi connectivity index (χ1n) is 6.59. The average Bonchev–Trinajstić information content (AvgIpc) is 3.11. The first kappa shape index (κ1) is 13.5. The monoisotopic (exact) mass is 285 g/mol. The van der Waals surface area contributed by atoms with Crippen LogP contribution in [0.25, 0.3) is 11.0 Å². The molecule has 3 aromatic rings. The van der Waals surface area contributed by atoms with E-state index in [9.17, 15) is 4.79 Å². The van der Waals surface area contributed by atoms with Crippen LogP contribution in [0.2, 0.25) is 0 Å². The van der Waals surface area contributed by atoms with Gasteiger partial charge in [0, 0.05) is 12.5 Å². The van der Waals surface area contributed by atoms with Crippen LogP contribution in [-0.2, 0) is 17.9 Å². The van der Waals surface area contributed by atoms with Crippen molar-refractivity contribution < 1.29 is 18.4 Å². The molecule has 0 spiro atoms. The molecule has 0 aliphatic rings. The van der Waals surface area contributed by atoms with Crippen LogP contribution >= 0.6 is 0 Å². The number of hydrogen-bond donors (Lipinski definition) is 1. The summed E-state index contributed by atoms with van der Waals surface area (Å²) in [6.07, 6.45) is 0. The number of fused-ring (bicyclic) bond motifs is 1. The Labute approximate surface area is 121 Å². The molecule has 3 rings (SSSR count). The normalized spacial score (nSPS) is 10.9. The number of para-hydroxylation sites is 1. The summed E-state index contributed by atoms with van der Waals surface area (Å²) in [5.74, 6) is 1.30. The predicted octanol–water partition coefficient (Wildman–Crippen LogP) is 3.10. The van der Waals surface area contributed by atoms with E-state index in [-0.39, 0.29) is 11.7 Å². The first-order chi connectivity index (χ1) is 10.3. The number of furan rings is 2. The Bertz CT molecular complexity index is 723. The van der Waals surface area contributed by atoms with Crippen molar-refractivity contribution >= 4 is 16.9 Å². The lowest BCUT2D eigenvalue weighted by atomic mass is 10.2. The summed E-state index contributed by atoms with van der Waals surface area (Å²) >= 11 is 0. The number of methoxy groups -OCH3 is 1. The van der Waals surface area contributed by atoms with Gasteiger partial charge >= 0.3 is 0 Å². The van der Waals surface area contributed by atoms with Gasteiger partial charge in [0.05, 0.1) is 6.54 Å². The van der Waals surface area contributed by atoms with Crippen LogP contribution in [0.3, 0.4) is 0 Å². The van der Waals surface area contributed by atoms with Gasteiger partial charge in [-0.05, 0) is 24.3 Å². The topological polar surface area (TPSA) is 64.6 Å². The van der Waals surface area contributed by atoms with E-state index in [4.69, 9.17) is 13.6 Å². The van der Waals surface area contributed by atoms with Crippen LogP contribution in [0.15, 0.2) is 51.3 Å². The molecule has 2 heterocycles. The van der Waals surface area contributed by atoms with E-state index < -0.39 is 0 Å². The molecule has 0 atom stereocenters. The van der Waals surface area contributed by atoms with Crippen molar-refractivity contribution in [3.8, 4) is 0 Å². The van der Waals surface area contributed by atoms with Gasteiger partial charge in [0.1, 0.15) is 23.7 Å². The number of benzene rings is 1. The second-order valence-electron chi connectivity index (χ2n) is 4.63. The summed E-state index contributed by atoms with van der Waals surface area (Å²) in [5.41, 5.74) is 0.808. The third kappa shape index (κ3) is 2.98. The minimum absolute atomic E-state index is 0.262. The highest BCUT2D eigenvalue weighted by molar-refractivity contribution is 5.91. The van der Waals surface area contributed by atoms with E-state index in [1.165, 1.54) is 0 Å². The van der Waals surface area contributed by atoms with Crippen molar-refractivity contribution in [1.82, 2.24) is 5.32 Å². The maximum absolute atomic E-state index is 12.0. The van der Waals surface area contributed by atoms with Crippen LogP contribution in [-0.4, -0.2) is 13.0 Å². The fraction of sp³-hybridized carbons (Fsp3) is 0.188. The molecule has 108 valence electrons. The molecule has 0 aliphatic heterocycles. The van der Waals surface area contributed by atoms with Crippen molar-refractivity contribution in [3.63, 3.8) is 0 Å². The highest BCUT2D eigenvalue weighted by Crippen LogP contribution is 2.18. The minimum atomic E-state index is -0.280. The summed E-state index contributed by atoms with van der Waals surface area (Å²) in [5, 5.41) is 3.78. The summed E-state index contributed by atoms with van der Waals surface area (Å²) in [6.45, 7) is 0.657. The lowest BCUT2D eigenvalue weighted by molar-refractivity contribution is 0.0911. The van der Waals surface area contributed by atoms with Gasteiger partial charge in [-0.2, -0.15) is 0 Å². The molecule has 1 amide bonds. The number of rotatable bonds is 5. The van der Waals surface area contributed by atoms with Crippen molar-refractivity contribution in [2.24, 2.45) is 0 Å². The maximum Gasteiger partial charge on any atom is 0.287 e. The molecule has 0 fully saturated rings. The number of hydrogen-bond acceptors (Lipinski definition) is 4.